The number of carbonyl (C=O) groups is 1. The molecule has 0 saturated carbocycles. The standard InChI is InChI=1S/C12H15ClFNO4S/c1-3-15(6-7-19-2)12(16)10-5-4-9(8-11(10)14)20(13,17)18/h4-5,8H,3,6-7H2,1-2H3. The van der Waals surface area contributed by atoms with Crippen LogP contribution in [0.15, 0.2) is 23.1 Å². The molecule has 1 amide bonds. The first-order valence-corrected chi connectivity index (χ1v) is 8.14. The normalized spacial score (nSPS) is 11.4. The van der Waals surface area contributed by atoms with Crippen molar-refractivity contribution in [3.8, 4) is 0 Å². The van der Waals surface area contributed by atoms with Crippen molar-refractivity contribution in [2.24, 2.45) is 0 Å². The predicted molar refractivity (Wildman–Crippen MR) is 72.9 cm³/mol. The Morgan fingerprint density at radius 1 is 1.45 bits per heavy atom. The van der Waals surface area contributed by atoms with Crippen LogP contribution in [0, 0.1) is 5.82 Å². The number of likely N-dealkylation sites (N-methyl/N-ethyl adjacent to an activating group) is 1. The van der Waals surface area contributed by atoms with Crippen LogP contribution >= 0.6 is 10.7 Å². The highest BCUT2D eigenvalue weighted by Crippen LogP contribution is 2.19. The summed E-state index contributed by atoms with van der Waals surface area (Å²) in [6.45, 7) is 2.79. The lowest BCUT2D eigenvalue weighted by molar-refractivity contribution is 0.0701. The van der Waals surface area contributed by atoms with E-state index in [0.717, 1.165) is 18.2 Å². The Morgan fingerprint density at radius 3 is 2.55 bits per heavy atom. The van der Waals surface area contributed by atoms with Crippen LogP contribution in [0.1, 0.15) is 17.3 Å². The van der Waals surface area contributed by atoms with Gasteiger partial charge in [-0.3, -0.25) is 4.79 Å². The molecule has 1 rings (SSSR count). The van der Waals surface area contributed by atoms with Gasteiger partial charge in [-0.1, -0.05) is 0 Å². The van der Waals surface area contributed by atoms with Crippen LogP contribution in [-0.4, -0.2) is 46.0 Å². The van der Waals surface area contributed by atoms with Gasteiger partial charge in [0.05, 0.1) is 17.1 Å². The molecule has 0 spiro atoms. The van der Waals surface area contributed by atoms with Crippen molar-refractivity contribution in [2.45, 2.75) is 11.8 Å². The Bertz CT molecular complexity index is 591. The van der Waals surface area contributed by atoms with Crippen molar-refractivity contribution in [3.63, 3.8) is 0 Å². The Morgan fingerprint density at radius 2 is 2.10 bits per heavy atom. The molecule has 0 N–H and O–H groups in total. The fourth-order valence-corrected chi connectivity index (χ4v) is 2.36. The van der Waals surface area contributed by atoms with E-state index < -0.39 is 20.8 Å². The van der Waals surface area contributed by atoms with Crippen LogP contribution in [0.5, 0.6) is 0 Å². The van der Waals surface area contributed by atoms with Gasteiger partial charge in [-0.05, 0) is 25.1 Å². The van der Waals surface area contributed by atoms with E-state index in [1.807, 2.05) is 0 Å². The van der Waals surface area contributed by atoms with Gasteiger partial charge in [0.15, 0.2) is 0 Å². The van der Waals surface area contributed by atoms with E-state index >= 15 is 0 Å². The quantitative estimate of drug-likeness (QED) is 0.750. The maximum atomic E-state index is 13.8. The average Bonchev–Trinajstić information content (AvgIpc) is 2.38. The smallest absolute Gasteiger partial charge is 0.261 e. The number of nitrogens with zero attached hydrogens (tertiary/aromatic N) is 1. The van der Waals surface area contributed by atoms with Crippen LogP contribution in [0.25, 0.3) is 0 Å². The summed E-state index contributed by atoms with van der Waals surface area (Å²) in [5.74, 6) is -1.45. The van der Waals surface area contributed by atoms with E-state index in [9.17, 15) is 17.6 Å². The SMILES string of the molecule is CCN(CCOC)C(=O)c1ccc(S(=O)(=O)Cl)cc1F. The third-order valence-corrected chi connectivity index (χ3v) is 4.04. The van der Waals surface area contributed by atoms with E-state index in [1.54, 1.807) is 6.92 Å². The van der Waals surface area contributed by atoms with Gasteiger partial charge in [0.1, 0.15) is 5.82 Å². The molecule has 0 aromatic heterocycles. The number of methoxy groups -OCH3 is 1. The zero-order chi connectivity index (χ0) is 15.3. The molecule has 0 unspecified atom stereocenters. The van der Waals surface area contributed by atoms with Gasteiger partial charge in [-0.25, -0.2) is 12.8 Å². The lowest BCUT2D eigenvalue weighted by Gasteiger charge is -2.20. The van der Waals surface area contributed by atoms with Crippen LogP contribution in [0.3, 0.4) is 0 Å². The minimum atomic E-state index is -4.02. The highest BCUT2D eigenvalue weighted by molar-refractivity contribution is 8.13. The van der Waals surface area contributed by atoms with Gasteiger partial charge in [-0.2, -0.15) is 0 Å². The number of amides is 1. The van der Waals surface area contributed by atoms with Crippen molar-refractivity contribution >= 4 is 25.6 Å². The number of hydrogen-bond donors (Lipinski definition) is 0. The Hall–Kier alpha value is -1.18. The predicted octanol–water partition coefficient (Wildman–Crippen LogP) is 1.86. The summed E-state index contributed by atoms with van der Waals surface area (Å²) < 4.78 is 40.9. The van der Waals surface area contributed by atoms with Crippen LogP contribution < -0.4 is 0 Å². The Balaban J connectivity index is 3.05. The molecule has 0 aliphatic rings. The first kappa shape index (κ1) is 16.9. The number of halogens is 2. The molecule has 0 atom stereocenters. The van der Waals surface area contributed by atoms with Gasteiger partial charge in [0.25, 0.3) is 15.0 Å². The lowest BCUT2D eigenvalue weighted by atomic mass is 10.2. The van der Waals surface area contributed by atoms with Crippen LogP contribution in [0.4, 0.5) is 4.39 Å². The van der Waals surface area contributed by atoms with E-state index in [-0.39, 0.29) is 10.5 Å². The fraction of sp³-hybridized carbons (Fsp3) is 0.417. The molecule has 112 valence electrons. The summed E-state index contributed by atoms with van der Waals surface area (Å²) in [5.41, 5.74) is -0.202. The minimum absolute atomic E-state index is 0.202. The second kappa shape index (κ2) is 7.01. The van der Waals surface area contributed by atoms with Gasteiger partial charge in [-0.15, -0.1) is 0 Å². The zero-order valence-electron chi connectivity index (χ0n) is 11.1. The third kappa shape index (κ3) is 4.16. The molecule has 8 heteroatoms. The molecule has 0 bridgehead atoms. The maximum Gasteiger partial charge on any atom is 0.261 e. The van der Waals surface area contributed by atoms with Crippen molar-refractivity contribution in [3.05, 3.63) is 29.6 Å². The number of rotatable bonds is 6. The highest BCUT2D eigenvalue weighted by Gasteiger charge is 2.20. The Kier molecular flexibility index (Phi) is 5.91. The average molecular weight is 324 g/mol. The molecule has 0 aliphatic carbocycles. The largest absolute Gasteiger partial charge is 0.383 e. The second-order valence-electron chi connectivity index (χ2n) is 3.96. The lowest BCUT2D eigenvalue weighted by Crippen LogP contribution is -2.34. The van der Waals surface area contributed by atoms with Crippen LogP contribution in [0.2, 0.25) is 0 Å². The highest BCUT2D eigenvalue weighted by atomic mass is 35.7. The topological polar surface area (TPSA) is 63.7 Å². The van der Waals surface area contributed by atoms with Gasteiger partial charge >= 0.3 is 0 Å². The molecule has 0 saturated heterocycles. The van der Waals surface area contributed by atoms with Crippen molar-refractivity contribution in [1.29, 1.82) is 0 Å². The Labute approximate surface area is 121 Å². The molecule has 5 nitrogen and oxygen atoms in total. The van der Waals surface area contributed by atoms with E-state index in [0.29, 0.717) is 19.7 Å². The third-order valence-electron chi connectivity index (χ3n) is 2.69. The van der Waals surface area contributed by atoms with Crippen molar-refractivity contribution in [1.82, 2.24) is 4.90 Å². The summed E-state index contributed by atoms with van der Waals surface area (Å²) >= 11 is 0. The molecule has 0 aliphatic heterocycles. The molecular weight excluding hydrogens is 309 g/mol. The number of ether oxygens (including phenoxy) is 1. The van der Waals surface area contributed by atoms with E-state index in [2.05, 4.69) is 0 Å². The minimum Gasteiger partial charge on any atom is -0.383 e. The monoisotopic (exact) mass is 323 g/mol. The summed E-state index contributed by atoms with van der Waals surface area (Å²) in [7, 11) is 2.59. The molecule has 1 aromatic carbocycles. The summed E-state index contributed by atoms with van der Waals surface area (Å²) in [5, 5.41) is 0. The summed E-state index contributed by atoms with van der Waals surface area (Å²) in [6.07, 6.45) is 0. The first-order valence-electron chi connectivity index (χ1n) is 5.83. The fourth-order valence-electron chi connectivity index (χ4n) is 1.60. The molecule has 0 radical (unpaired) electrons. The van der Waals surface area contributed by atoms with E-state index in [4.69, 9.17) is 15.4 Å². The molecule has 20 heavy (non-hydrogen) atoms. The maximum absolute atomic E-state index is 13.8. The number of carbonyl (C=O) groups excluding carboxylic acids is 1. The summed E-state index contributed by atoms with van der Waals surface area (Å²) in [4.78, 5) is 13.1. The van der Waals surface area contributed by atoms with Gasteiger partial charge < -0.3 is 9.64 Å². The molecule has 0 heterocycles. The van der Waals surface area contributed by atoms with E-state index in [1.165, 1.54) is 12.0 Å². The van der Waals surface area contributed by atoms with Gasteiger partial charge in [0.2, 0.25) is 0 Å². The van der Waals surface area contributed by atoms with Gasteiger partial charge in [0, 0.05) is 30.9 Å². The zero-order valence-corrected chi connectivity index (χ0v) is 12.7. The number of hydrogen-bond acceptors (Lipinski definition) is 4. The summed E-state index contributed by atoms with van der Waals surface area (Å²) in [6, 6.07) is 2.95. The molecular formula is C12H15ClFNO4S. The second-order valence-corrected chi connectivity index (χ2v) is 6.52. The molecule has 1 aromatic rings. The first-order chi connectivity index (χ1) is 9.31. The number of benzene rings is 1. The van der Waals surface area contributed by atoms with Crippen LogP contribution in [-0.2, 0) is 13.8 Å². The van der Waals surface area contributed by atoms with Crippen molar-refractivity contribution < 1.29 is 22.3 Å². The molecule has 0 fully saturated rings. The van der Waals surface area contributed by atoms with Crippen molar-refractivity contribution in [2.75, 3.05) is 26.8 Å².